The second-order valence-electron chi connectivity index (χ2n) is 6.16. The summed E-state index contributed by atoms with van der Waals surface area (Å²) in [5.41, 5.74) is 5.68. The first-order chi connectivity index (χ1) is 13.7. The molecule has 0 fully saturated rings. The molecule has 2 N–H and O–H groups in total. The van der Waals surface area contributed by atoms with E-state index in [1.165, 1.54) is 0 Å². The Kier molecular flexibility index (Phi) is 4.76. The van der Waals surface area contributed by atoms with Crippen LogP contribution in [0, 0.1) is 0 Å². The van der Waals surface area contributed by atoms with Crippen molar-refractivity contribution in [2.45, 2.75) is 0 Å². The number of phenolic OH excluding ortho intramolecular Hbond substituents is 1. The third kappa shape index (κ3) is 3.71. The Labute approximate surface area is 162 Å². The van der Waals surface area contributed by atoms with Crippen LogP contribution < -0.4 is 5.43 Å². The van der Waals surface area contributed by atoms with E-state index in [4.69, 9.17) is 0 Å². The fourth-order valence-electron chi connectivity index (χ4n) is 2.88. The van der Waals surface area contributed by atoms with Crippen molar-refractivity contribution >= 4 is 12.1 Å². The highest BCUT2D eigenvalue weighted by molar-refractivity contribution is 5.95. The lowest BCUT2D eigenvalue weighted by Gasteiger charge is -2.07. The number of nitrogens with zero attached hydrogens (tertiary/aromatic N) is 3. The van der Waals surface area contributed by atoms with Crippen LogP contribution in [0.5, 0.6) is 5.75 Å². The van der Waals surface area contributed by atoms with E-state index in [0.29, 0.717) is 5.56 Å². The molecule has 6 nitrogen and oxygen atoms in total. The second kappa shape index (κ2) is 7.67. The minimum absolute atomic E-state index is 0.209. The summed E-state index contributed by atoms with van der Waals surface area (Å²) in [6, 6.07) is 21.8. The lowest BCUT2D eigenvalue weighted by Crippen LogP contribution is -2.18. The second-order valence-corrected chi connectivity index (χ2v) is 6.16. The molecule has 0 radical (unpaired) electrons. The van der Waals surface area contributed by atoms with Gasteiger partial charge in [-0.2, -0.15) is 5.10 Å². The predicted octanol–water partition coefficient (Wildman–Crippen LogP) is 3.74. The molecule has 0 aliphatic heterocycles. The van der Waals surface area contributed by atoms with Crippen molar-refractivity contribution in [1.82, 2.24) is 14.6 Å². The lowest BCUT2D eigenvalue weighted by atomic mass is 10.2. The number of benzene rings is 2. The van der Waals surface area contributed by atoms with E-state index >= 15 is 0 Å². The molecular weight excluding hydrogens is 352 g/mol. The Balaban J connectivity index is 1.47. The van der Waals surface area contributed by atoms with Crippen molar-refractivity contribution in [3.63, 3.8) is 0 Å². The quantitative estimate of drug-likeness (QED) is 0.415. The molecule has 0 unspecified atom stereocenters. The van der Waals surface area contributed by atoms with E-state index in [0.717, 1.165) is 17.1 Å². The van der Waals surface area contributed by atoms with Gasteiger partial charge in [0.15, 0.2) is 0 Å². The van der Waals surface area contributed by atoms with Crippen molar-refractivity contribution in [3.8, 4) is 17.1 Å². The largest absolute Gasteiger partial charge is 0.508 e. The van der Waals surface area contributed by atoms with Gasteiger partial charge in [-0.1, -0.05) is 6.07 Å². The van der Waals surface area contributed by atoms with Gasteiger partial charge >= 0.3 is 0 Å². The molecule has 6 heteroatoms. The van der Waals surface area contributed by atoms with Gasteiger partial charge < -0.3 is 14.2 Å². The number of hydrogen-bond donors (Lipinski definition) is 2. The Morgan fingerprint density at radius 3 is 2.46 bits per heavy atom. The van der Waals surface area contributed by atoms with Crippen LogP contribution in [0.15, 0.2) is 96.5 Å². The average Bonchev–Trinajstić information content (AvgIpc) is 3.41. The van der Waals surface area contributed by atoms with Gasteiger partial charge in [-0.25, -0.2) is 5.43 Å². The first-order valence-corrected chi connectivity index (χ1v) is 8.74. The molecule has 0 saturated carbocycles. The van der Waals surface area contributed by atoms with Gasteiger partial charge in [0.1, 0.15) is 5.75 Å². The van der Waals surface area contributed by atoms with E-state index in [2.05, 4.69) is 10.5 Å². The van der Waals surface area contributed by atoms with Gasteiger partial charge in [-0.3, -0.25) is 4.79 Å². The van der Waals surface area contributed by atoms with Crippen LogP contribution in [0.3, 0.4) is 0 Å². The van der Waals surface area contributed by atoms with Crippen LogP contribution in [-0.2, 0) is 0 Å². The zero-order chi connectivity index (χ0) is 19.3. The predicted molar refractivity (Wildman–Crippen MR) is 108 cm³/mol. The summed E-state index contributed by atoms with van der Waals surface area (Å²) in [6.45, 7) is 0. The van der Waals surface area contributed by atoms with Crippen LogP contribution in [0.25, 0.3) is 11.4 Å². The van der Waals surface area contributed by atoms with E-state index in [9.17, 15) is 9.90 Å². The van der Waals surface area contributed by atoms with E-state index in [1.54, 1.807) is 36.5 Å². The van der Waals surface area contributed by atoms with E-state index in [1.807, 2.05) is 70.2 Å². The third-order valence-corrected chi connectivity index (χ3v) is 4.28. The van der Waals surface area contributed by atoms with Crippen molar-refractivity contribution in [2.75, 3.05) is 0 Å². The molecule has 138 valence electrons. The number of hydrazone groups is 1. The number of carbonyl (C=O) groups excluding carboxylic acids is 1. The van der Waals surface area contributed by atoms with Crippen molar-refractivity contribution < 1.29 is 9.90 Å². The third-order valence-electron chi connectivity index (χ3n) is 4.28. The molecular formula is C22H18N4O2. The van der Waals surface area contributed by atoms with E-state index in [-0.39, 0.29) is 11.7 Å². The maximum Gasteiger partial charge on any atom is 0.271 e. The summed E-state index contributed by atoms with van der Waals surface area (Å²) in [6.07, 6.45) is 7.32. The van der Waals surface area contributed by atoms with Gasteiger partial charge in [0.05, 0.1) is 11.9 Å². The van der Waals surface area contributed by atoms with Crippen LogP contribution in [0.4, 0.5) is 0 Å². The number of aromatic hydroxyl groups is 1. The zero-order valence-electron chi connectivity index (χ0n) is 14.9. The smallest absolute Gasteiger partial charge is 0.271 e. The SMILES string of the molecule is O=C(N/N=C/c1cccn1-c1ccc(O)cc1)c1cccc(-n2cccc2)c1. The Morgan fingerprint density at radius 2 is 1.68 bits per heavy atom. The Hall–Kier alpha value is -4.06. The summed E-state index contributed by atoms with van der Waals surface area (Å²) >= 11 is 0. The molecule has 0 atom stereocenters. The molecule has 2 aromatic heterocycles. The van der Waals surface area contributed by atoms with Crippen LogP contribution >= 0.6 is 0 Å². The molecule has 4 aromatic rings. The maximum absolute atomic E-state index is 12.4. The number of rotatable bonds is 5. The molecule has 0 spiro atoms. The first kappa shape index (κ1) is 17.4. The highest BCUT2D eigenvalue weighted by Gasteiger charge is 2.06. The van der Waals surface area contributed by atoms with Crippen molar-refractivity contribution in [2.24, 2.45) is 5.10 Å². The van der Waals surface area contributed by atoms with Gasteiger partial charge in [0, 0.05) is 35.5 Å². The van der Waals surface area contributed by atoms with Crippen LogP contribution in [0.2, 0.25) is 0 Å². The number of amides is 1. The number of nitrogens with one attached hydrogen (secondary N) is 1. The molecule has 2 heterocycles. The summed E-state index contributed by atoms with van der Waals surface area (Å²) < 4.78 is 3.84. The average molecular weight is 370 g/mol. The zero-order valence-corrected chi connectivity index (χ0v) is 14.9. The summed E-state index contributed by atoms with van der Waals surface area (Å²) in [5.74, 6) is -0.0754. The maximum atomic E-state index is 12.4. The fourth-order valence-corrected chi connectivity index (χ4v) is 2.88. The van der Waals surface area contributed by atoms with Crippen LogP contribution in [0.1, 0.15) is 16.1 Å². The molecule has 0 saturated heterocycles. The lowest BCUT2D eigenvalue weighted by molar-refractivity contribution is 0.0955. The number of phenols is 1. The number of carbonyl (C=O) groups is 1. The minimum Gasteiger partial charge on any atom is -0.508 e. The van der Waals surface area contributed by atoms with E-state index < -0.39 is 0 Å². The van der Waals surface area contributed by atoms with Crippen molar-refractivity contribution in [1.29, 1.82) is 0 Å². The number of aromatic nitrogens is 2. The monoisotopic (exact) mass is 370 g/mol. The van der Waals surface area contributed by atoms with Crippen LogP contribution in [-0.4, -0.2) is 26.4 Å². The van der Waals surface area contributed by atoms with Gasteiger partial charge in [-0.15, -0.1) is 0 Å². The summed E-state index contributed by atoms with van der Waals surface area (Å²) in [5, 5.41) is 13.5. The topological polar surface area (TPSA) is 71.6 Å². The minimum atomic E-state index is -0.284. The van der Waals surface area contributed by atoms with Crippen molar-refractivity contribution in [3.05, 3.63) is 103 Å². The molecule has 0 bridgehead atoms. The summed E-state index contributed by atoms with van der Waals surface area (Å²) in [7, 11) is 0. The number of hydrogen-bond acceptors (Lipinski definition) is 3. The molecule has 0 aliphatic carbocycles. The summed E-state index contributed by atoms with van der Waals surface area (Å²) in [4.78, 5) is 12.4. The molecule has 4 rings (SSSR count). The fraction of sp³-hybridized carbons (Fsp3) is 0. The van der Waals surface area contributed by atoms with Gasteiger partial charge in [-0.05, 0) is 66.7 Å². The normalized spacial score (nSPS) is 11.0. The Morgan fingerprint density at radius 1 is 0.893 bits per heavy atom. The highest BCUT2D eigenvalue weighted by Crippen LogP contribution is 2.16. The molecule has 2 aromatic carbocycles. The molecule has 0 aliphatic rings. The molecule has 28 heavy (non-hydrogen) atoms. The molecule has 1 amide bonds. The Bertz CT molecular complexity index is 1110. The highest BCUT2D eigenvalue weighted by atomic mass is 16.3. The van der Waals surface area contributed by atoms with Gasteiger partial charge in [0.2, 0.25) is 0 Å². The van der Waals surface area contributed by atoms with Gasteiger partial charge in [0.25, 0.3) is 5.91 Å². The standard InChI is InChI=1S/C22H18N4O2/c27-21-10-8-18(9-11-21)26-14-4-7-20(26)16-23-24-22(28)17-5-3-6-19(15-17)25-12-1-2-13-25/h1-16,27H,(H,24,28)/b23-16+. The first-order valence-electron chi connectivity index (χ1n) is 8.74.